The topological polar surface area (TPSA) is 26.0 Å². The first-order valence-corrected chi connectivity index (χ1v) is 8.49. The average molecular weight is 305 g/mol. The van der Waals surface area contributed by atoms with Gasteiger partial charge in [0.1, 0.15) is 5.69 Å². The third-order valence-electron chi connectivity index (χ3n) is 4.16. The van der Waals surface area contributed by atoms with E-state index in [9.17, 15) is 0 Å². The Morgan fingerprint density at radius 2 is 1.65 bits per heavy atom. The van der Waals surface area contributed by atoms with Gasteiger partial charge in [0.25, 0.3) is 0 Å². The molecule has 2 aromatic carbocycles. The normalized spacial score (nSPS) is 10.8. The molecule has 0 spiro atoms. The molecule has 0 atom stereocenters. The van der Waals surface area contributed by atoms with Gasteiger partial charge in [0.05, 0.1) is 0 Å². The van der Waals surface area contributed by atoms with Gasteiger partial charge in [-0.3, -0.25) is 0 Å². The largest absolute Gasteiger partial charge is 0.356 e. The number of benzene rings is 2. The minimum atomic E-state index is 0.821. The zero-order valence-corrected chi connectivity index (χ0v) is 13.7. The molecule has 2 nitrogen and oxygen atoms in total. The Morgan fingerprint density at radius 3 is 2.48 bits per heavy atom. The Hall–Kier alpha value is -2.35. The van der Waals surface area contributed by atoms with Crippen molar-refractivity contribution in [3.63, 3.8) is 0 Å². The van der Waals surface area contributed by atoms with Gasteiger partial charge in [0.2, 0.25) is 0 Å². The van der Waals surface area contributed by atoms with Crippen LogP contribution < -0.4 is 0 Å². The molecule has 0 N–H and O–H groups in total. The third-order valence-corrected chi connectivity index (χ3v) is 4.16. The van der Waals surface area contributed by atoms with Gasteiger partial charge in [-0.15, -0.1) is 0 Å². The van der Waals surface area contributed by atoms with Crippen molar-refractivity contribution >= 4 is 0 Å². The molecule has 0 aliphatic heterocycles. The SMILES string of the molecule is CCCCCCc1ccccc1-c1cc(-c2ccccc2)on1. The average Bonchev–Trinajstić information content (AvgIpc) is 3.10. The Balaban J connectivity index is 1.81. The molecule has 0 bridgehead atoms. The zero-order chi connectivity index (χ0) is 15.9. The molecule has 3 rings (SSSR count). The number of aryl methyl sites for hydroxylation is 1. The second-order valence-electron chi connectivity index (χ2n) is 5.91. The minimum absolute atomic E-state index is 0.821. The maximum atomic E-state index is 5.55. The molecular formula is C21H23NO. The van der Waals surface area contributed by atoms with E-state index in [0.29, 0.717) is 0 Å². The standard InChI is InChI=1S/C21H23NO/c1-2-3-4-6-11-17-12-9-10-15-19(17)20-16-21(23-22-20)18-13-7-5-8-14-18/h5,7-10,12-16H,2-4,6,11H2,1H3. The lowest BCUT2D eigenvalue weighted by atomic mass is 9.98. The Kier molecular flexibility index (Phi) is 5.25. The van der Waals surface area contributed by atoms with Crippen molar-refractivity contribution in [3.8, 4) is 22.6 Å². The van der Waals surface area contributed by atoms with Crippen LogP contribution in [0.4, 0.5) is 0 Å². The summed E-state index contributed by atoms with van der Waals surface area (Å²) in [7, 11) is 0. The van der Waals surface area contributed by atoms with Crippen LogP contribution in [0.1, 0.15) is 38.2 Å². The van der Waals surface area contributed by atoms with E-state index in [1.54, 1.807) is 0 Å². The molecule has 0 aliphatic rings. The predicted molar refractivity (Wildman–Crippen MR) is 95.2 cm³/mol. The highest BCUT2D eigenvalue weighted by molar-refractivity contribution is 5.69. The number of hydrogen-bond donors (Lipinski definition) is 0. The first-order chi connectivity index (χ1) is 11.4. The summed E-state index contributed by atoms with van der Waals surface area (Å²) in [5.74, 6) is 0.821. The summed E-state index contributed by atoms with van der Waals surface area (Å²) in [6, 6.07) is 20.7. The van der Waals surface area contributed by atoms with Crippen molar-refractivity contribution in [2.24, 2.45) is 0 Å². The van der Waals surface area contributed by atoms with Gasteiger partial charge < -0.3 is 4.52 Å². The molecular weight excluding hydrogens is 282 g/mol. The van der Waals surface area contributed by atoms with Crippen molar-refractivity contribution < 1.29 is 4.52 Å². The second kappa shape index (κ2) is 7.77. The van der Waals surface area contributed by atoms with Gasteiger partial charge >= 0.3 is 0 Å². The zero-order valence-electron chi connectivity index (χ0n) is 13.7. The van der Waals surface area contributed by atoms with Crippen LogP contribution in [0.25, 0.3) is 22.6 Å². The third kappa shape index (κ3) is 3.89. The van der Waals surface area contributed by atoms with E-state index in [0.717, 1.165) is 23.4 Å². The van der Waals surface area contributed by atoms with Crippen molar-refractivity contribution in [1.82, 2.24) is 5.16 Å². The molecule has 0 saturated carbocycles. The lowest BCUT2D eigenvalue weighted by Gasteiger charge is -2.06. The first kappa shape index (κ1) is 15.5. The fourth-order valence-corrected chi connectivity index (χ4v) is 2.87. The van der Waals surface area contributed by atoms with Crippen LogP contribution in [0.15, 0.2) is 65.2 Å². The van der Waals surface area contributed by atoms with Crippen LogP contribution in [0.5, 0.6) is 0 Å². The first-order valence-electron chi connectivity index (χ1n) is 8.49. The van der Waals surface area contributed by atoms with E-state index in [1.165, 1.54) is 36.8 Å². The van der Waals surface area contributed by atoms with Crippen LogP contribution in [-0.2, 0) is 6.42 Å². The molecule has 0 fully saturated rings. The fourth-order valence-electron chi connectivity index (χ4n) is 2.87. The van der Waals surface area contributed by atoms with Gasteiger partial charge in [-0.05, 0) is 18.4 Å². The van der Waals surface area contributed by atoms with E-state index in [1.807, 2.05) is 36.4 Å². The quantitative estimate of drug-likeness (QED) is 0.491. The van der Waals surface area contributed by atoms with Crippen LogP contribution in [-0.4, -0.2) is 5.16 Å². The molecule has 2 heteroatoms. The molecule has 1 heterocycles. The number of rotatable bonds is 7. The highest BCUT2D eigenvalue weighted by Crippen LogP contribution is 2.28. The van der Waals surface area contributed by atoms with Crippen molar-refractivity contribution in [2.75, 3.05) is 0 Å². The summed E-state index contributed by atoms with van der Waals surface area (Å²) < 4.78 is 5.55. The Labute approximate surface area is 138 Å². The van der Waals surface area contributed by atoms with E-state index >= 15 is 0 Å². The Morgan fingerprint density at radius 1 is 0.870 bits per heavy atom. The minimum Gasteiger partial charge on any atom is -0.356 e. The summed E-state index contributed by atoms with van der Waals surface area (Å²) in [5, 5.41) is 4.29. The van der Waals surface area contributed by atoms with Gasteiger partial charge in [-0.2, -0.15) is 0 Å². The second-order valence-corrected chi connectivity index (χ2v) is 5.91. The Bertz CT molecular complexity index is 730. The lowest BCUT2D eigenvalue weighted by molar-refractivity contribution is 0.435. The fraction of sp³-hybridized carbons (Fsp3) is 0.286. The highest BCUT2D eigenvalue weighted by atomic mass is 16.5. The van der Waals surface area contributed by atoms with Crippen molar-refractivity contribution in [2.45, 2.75) is 39.0 Å². The molecule has 0 radical (unpaired) electrons. The van der Waals surface area contributed by atoms with E-state index < -0.39 is 0 Å². The van der Waals surface area contributed by atoms with Gasteiger partial charge in [0.15, 0.2) is 5.76 Å². The lowest BCUT2D eigenvalue weighted by Crippen LogP contribution is -1.90. The van der Waals surface area contributed by atoms with E-state index in [-0.39, 0.29) is 0 Å². The smallest absolute Gasteiger partial charge is 0.167 e. The molecule has 0 aliphatic carbocycles. The number of unbranched alkanes of at least 4 members (excludes halogenated alkanes) is 3. The molecule has 0 unspecified atom stereocenters. The van der Waals surface area contributed by atoms with Gasteiger partial charge in [0, 0.05) is 17.2 Å². The molecule has 0 saturated heterocycles. The predicted octanol–water partition coefficient (Wildman–Crippen LogP) is 6.13. The maximum absolute atomic E-state index is 5.55. The monoisotopic (exact) mass is 305 g/mol. The van der Waals surface area contributed by atoms with E-state index in [2.05, 4.69) is 36.3 Å². The number of nitrogens with zero attached hydrogens (tertiary/aromatic N) is 1. The van der Waals surface area contributed by atoms with Gasteiger partial charge in [-0.1, -0.05) is 85.9 Å². The van der Waals surface area contributed by atoms with Crippen LogP contribution in [0.3, 0.4) is 0 Å². The number of hydrogen-bond acceptors (Lipinski definition) is 2. The summed E-state index contributed by atoms with van der Waals surface area (Å²) in [6.45, 7) is 2.24. The van der Waals surface area contributed by atoms with Gasteiger partial charge in [-0.25, -0.2) is 0 Å². The summed E-state index contributed by atoms with van der Waals surface area (Å²) in [5.41, 5.74) is 4.54. The summed E-state index contributed by atoms with van der Waals surface area (Å²) in [6.07, 6.45) is 6.20. The van der Waals surface area contributed by atoms with Crippen molar-refractivity contribution in [3.05, 3.63) is 66.2 Å². The van der Waals surface area contributed by atoms with E-state index in [4.69, 9.17) is 4.52 Å². The molecule has 3 aromatic rings. The van der Waals surface area contributed by atoms with Crippen molar-refractivity contribution in [1.29, 1.82) is 0 Å². The number of aromatic nitrogens is 1. The highest BCUT2D eigenvalue weighted by Gasteiger charge is 2.11. The molecule has 118 valence electrons. The van der Waals surface area contributed by atoms with Crippen LogP contribution >= 0.6 is 0 Å². The summed E-state index contributed by atoms with van der Waals surface area (Å²) in [4.78, 5) is 0. The molecule has 0 amide bonds. The molecule has 23 heavy (non-hydrogen) atoms. The van der Waals surface area contributed by atoms with Crippen LogP contribution in [0.2, 0.25) is 0 Å². The van der Waals surface area contributed by atoms with Crippen LogP contribution in [0, 0.1) is 0 Å². The summed E-state index contributed by atoms with van der Waals surface area (Å²) >= 11 is 0. The maximum Gasteiger partial charge on any atom is 0.167 e. The molecule has 1 aromatic heterocycles.